The molecule has 0 unspecified atom stereocenters. The molecule has 2 aromatic rings. The van der Waals surface area contributed by atoms with Crippen molar-refractivity contribution in [2.75, 3.05) is 20.3 Å². The highest BCUT2D eigenvalue weighted by Crippen LogP contribution is 2.10. The molecule has 0 bridgehead atoms. The summed E-state index contributed by atoms with van der Waals surface area (Å²) >= 11 is 0. The predicted molar refractivity (Wildman–Crippen MR) is 65.5 cm³/mol. The summed E-state index contributed by atoms with van der Waals surface area (Å²) in [5, 5.41) is 0. The fourth-order valence-corrected chi connectivity index (χ4v) is 1.35. The van der Waals surface area contributed by atoms with Gasteiger partial charge in [-0.15, -0.1) is 0 Å². The van der Waals surface area contributed by atoms with Crippen LogP contribution in [0.4, 0.5) is 0 Å². The van der Waals surface area contributed by atoms with Crippen LogP contribution in [0.1, 0.15) is 0 Å². The molecule has 0 spiro atoms. The predicted octanol–water partition coefficient (Wildman–Crippen LogP) is 0.857. The Hall–Kier alpha value is -2.21. The van der Waals surface area contributed by atoms with Gasteiger partial charge in [0.2, 0.25) is 5.75 Å². The van der Waals surface area contributed by atoms with E-state index in [1.165, 1.54) is 6.20 Å². The van der Waals surface area contributed by atoms with Crippen LogP contribution in [0.25, 0.3) is 11.5 Å². The summed E-state index contributed by atoms with van der Waals surface area (Å²) in [7, 11) is 1.57. The molecule has 94 valence electrons. The molecule has 0 saturated carbocycles. The van der Waals surface area contributed by atoms with Crippen LogP contribution >= 0.6 is 0 Å². The molecule has 0 aliphatic heterocycles. The Balaban J connectivity index is 2.18. The standard InChI is InChI=1S/C12H13N3O3/c1-17-6-7-18-10-8-14-11(15-12(10)16)9-4-2-3-5-13-9/h2-5,8H,6-7H2,1H3,(H,14,15,16). The number of nitrogens with zero attached hydrogens (tertiary/aromatic N) is 2. The van der Waals surface area contributed by atoms with Crippen molar-refractivity contribution in [2.24, 2.45) is 0 Å². The van der Waals surface area contributed by atoms with Gasteiger partial charge in [0.15, 0.2) is 5.82 Å². The third-order valence-corrected chi connectivity index (χ3v) is 2.22. The van der Waals surface area contributed by atoms with E-state index >= 15 is 0 Å². The number of pyridine rings is 1. The lowest BCUT2D eigenvalue weighted by Crippen LogP contribution is -2.15. The Kier molecular flexibility index (Phi) is 4.03. The number of aromatic amines is 1. The number of hydrogen-bond donors (Lipinski definition) is 1. The summed E-state index contributed by atoms with van der Waals surface area (Å²) in [5.41, 5.74) is 0.278. The van der Waals surface area contributed by atoms with Crippen LogP contribution in [-0.4, -0.2) is 35.3 Å². The number of rotatable bonds is 5. The van der Waals surface area contributed by atoms with Gasteiger partial charge in [0.1, 0.15) is 12.3 Å². The molecule has 18 heavy (non-hydrogen) atoms. The van der Waals surface area contributed by atoms with Crippen molar-refractivity contribution in [2.45, 2.75) is 0 Å². The van der Waals surface area contributed by atoms with Crippen molar-refractivity contribution in [1.29, 1.82) is 0 Å². The van der Waals surface area contributed by atoms with Crippen molar-refractivity contribution in [3.63, 3.8) is 0 Å². The minimum atomic E-state index is -0.332. The summed E-state index contributed by atoms with van der Waals surface area (Å²) in [5.74, 6) is 0.589. The molecular formula is C12H13N3O3. The highest BCUT2D eigenvalue weighted by Gasteiger charge is 2.05. The minimum Gasteiger partial charge on any atom is -0.484 e. The van der Waals surface area contributed by atoms with Gasteiger partial charge in [-0.2, -0.15) is 0 Å². The fourth-order valence-electron chi connectivity index (χ4n) is 1.35. The monoisotopic (exact) mass is 247 g/mol. The maximum atomic E-state index is 11.7. The smallest absolute Gasteiger partial charge is 0.293 e. The van der Waals surface area contributed by atoms with Crippen LogP contribution in [0, 0.1) is 0 Å². The van der Waals surface area contributed by atoms with Gasteiger partial charge >= 0.3 is 0 Å². The van der Waals surface area contributed by atoms with Crippen molar-refractivity contribution in [3.8, 4) is 17.3 Å². The highest BCUT2D eigenvalue weighted by molar-refractivity contribution is 5.48. The van der Waals surface area contributed by atoms with Crippen LogP contribution in [0.3, 0.4) is 0 Å². The Labute approximate surface area is 104 Å². The normalized spacial score (nSPS) is 10.3. The molecule has 2 heterocycles. The topological polar surface area (TPSA) is 77.1 Å². The lowest BCUT2D eigenvalue weighted by Gasteiger charge is -2.05. The molecule has 0 saturated heterocycles. The largest absolute Gasteiger partial charge is 0.484 e. The van der Waals surface area contributed by atoms with Gasteiger partial charge in [-0.3, -0.25) is 9.78 Å². The molecule has 0 aliphatic carbocycles. The molecule has 0 fully saturated rings. The van der Waals surface area contributed by atoms with Gasteiger partial charge in [-0.1, -0.05) is 6.07 Å². The van der Waals surface area contributed by atoms with Gasteiger partial charge in [-0.25, -0.2) is 4.98 Å². The van der Waals surface area contributed by atoms with Crippen LogP contribution in [0.2, 0.25) is 0 Å². The van der Waals surface area contributed by atoms with Gasteiger partial charge in [0.05, 0.1) is 12.8 Å². The molecule has 0 amide bonds. The third-order valence-electron chi connectivity index (χ3n) is 2.22. The quantitative estimate of drug-likeness (QED) is 0.793. The van der Waals surface area contributed by atoms with Crippen LogP contribution in [-0.2, 0) is 4.74 Å². The van der Waals surface area contributed by atoms with E-state index in [9.17, 15) is 4.79 Å². The first kappa shape index (κ1) is 12.3. The average molecular weight is 247 g/mol. The maximum Gasteiger partial charge on any atom is 0.293 e. The molecule has 2 aromatic heterocycles. The van der Waals surface area contributed by atoms with E-state index in [0.717, 1.165) is 0 Å². The zero-order chi connectivity index (χ0) is 12.8. The summed E-state index contributed by atoms with van der Waals surface area (Å²) in [6.07, 6.45) is 3.02. The van der Waals surface area contributed by atoms with E-state index in [4.69, 9.17) is 9.47 Å². The van der Waals surface area contributed by atoms with Crippen LogP contribution in [0.5, 0.6) is 5.75 Å². The third kappa shape index (κ3) is 2.92. The summed E-state index contributed by atoms with van der Waals surface area (Å²) in [4.78, 5) is 22.5. The summed E-state index contributed by atoms with van der Waals surface area (Å²) in [6.45, 7) is 0.728. The molecule has 0 aliphatic rings. The Morgan fingerprint density at radius 3 is 2.83 bits per heavy atom. The Morgan fingerprint density at radius 2 is 2.17 bits per heavy atom. The molecular weight excluding hydrogens is 234 g/mol. The van der Waals surface area contributed by atoms with Crippen LogP contribution < -0.4 is 10.3 Å². The lowest BCUT2D eigenvalue weighted by atomic mass is 10.3. The zero-order valence-electron chi connectivity index (χ0n) is 9.92. The molecule has 2 rings (SSSR count). The second-order valence-corrected chi connectivity index (χ2v) is 3.48. The van der Waals surface area contributed by atoms with Crippen LogP contribution in [0.15, 0.2) is 35.4 Å². The van der Waals surface area contributed by atoms with Gasteiger partial charge in [0.25, 0.3) is 5.56 Å². The first-order valence-electron chi connectivity index (χ1n) is 5.43. The fraction of sp³-hybridized carbons (Fsp3) is 0.250. The van der Waals surface area contributed by atoms with E-state index in [1.54, 1.807) is 25.4 Å². The summed E-state index contributed by atoms with van der Waals surface area (Å²) < 4.78 is 10.0. The van der Waals surface area contributed by atoms with Gasteiger partial charge in [-0.05, 0) is 12.1 Å². The summed E-state index contributed by atoms with van der Waals surface area (Å²) in [6, 6.07) is 5.39. The van der Waals surface area contributed by atoms with E-state index in [0.29, 0.717) is 24.7 Å². The van der Waals surface area contributed by atoms with Crippen molar-refractivity contribution < 1.29 is 9.47 Å². The first-order chi connectivity index (χ1) is 8.81. The Bertz CT molecular complexity index is 554. The highest BCUT2D eigenvalue weighted by atomic mass is 16.5. The van der Waals surface area contributed by atoms with E-state index in [2.05, 4.69) is 15.0 Å². The second-order valence-electron chi connectivity index (χ2n) is 3.48. The van der Waals surface area contributed by atoms with Crippen molar-refractivity contribution in [1.82, 2.24) is 15.0 Å². The average Bonchev–Trinajstić information content (AvgIpc) is 2.42. The number of aromatic nitrogens is 3. The Morgan fingerprint density at radius 1 is 1.28 bits per heavy atom. The minimum absolute atomic E-state index is 0.173. The number of nitrogens with one attached hydrogen (secondary N) is 1. The van der Waals surface area contributed by atoms with Gasteiger partial charge in [0, 0.05) is 13.3 Å². The molecule has 6 heteroatoms. The molecule has 0 radical (unpaired) electrons. The van der Waals surface area contributed by atoms with Crippen molar-refractivity contribution in [3.05, 3.63) is 40.9 Å². The maximum absolute atomic E-state index is 11.7. The number of ether oxygens (including phenoxy) is 2. The number of H-pyrrole nitrogens is 1. The molecule has 0 atom stereocenters. The molecule has 0 aromatic carbocycles. The van der Waals surface area contributed by atoms with E-state index < -0.39 is 0 Å². The lowest BCUT2D eigenvalue weighted by molar-refractivity contribution is 0.145. The zero-order valence-corrected chi connectivity index (χ0v) is 9.92. The number of hydrogen-bond acceptors (Lipinski definition) is 5. The molecule has 1 N–H and O–H groups in total. The van der Waals surface area contributed by atoms with Crippen molar-refractivity contribution >= 4 is 0 Å². The molecule has 6 nitrogen and oxygen atoms in total. The first-order valence-corrected chi connectivity index (χ1v) is 5.43. The number of methoxy groups -OCH3 is 1. The van der Waals surface area contributed by atoms with Gasteiger partial charge < -0.3 is 14.5 Å². The second kappa shape index (κ2) is 5.92. The van der Waals surface area contributed by atoms with E-state index in [1.807, 2.05) is 6.07 Å². The SMILES string of the molecule is COCCOc1cnc(-c2ccccn2)[nH]c1=O. The van der Waals surface area contributed by atoms with E-state index in [-0.39, 0.29) is 11.3 Å².